The molecular weight excluding hydrogens is 665 g/mol. The maximum atomic E-state index is 14.0. The quantitative estimate of drug-likeness (QED) is 0.257. The third-order valence-corrected chi connectivity index (χ3v) is 17.4. The van der Waals surface area contributed by atoms with E-state index in [1.807, 2.05) is 26.0 Å². The van der Waals surface area contributed by atoms with Gasteiger partial charge in [-0.15, -0.1) is 0 Å². The molecule has 10 atom stereocenters. The van der Waals surface area contributed by atoms with Crippen LogP contribution in [-0.4, -0.2) is 46.4 Å². The maximum absolute atomic E-state index is 14.0. The number of hydrogen-bond acceptors (Lipinski definition) is 6. The van der Waals surface area contributed by atoms with E-state index in [1.54, 1.807) is 12.3 Å². The number of pyridine rings is 1. The number of ketones is 1. The zero-order valence-corrected chi connectivity index (χ0v) is 33.8. The van der Waals surface area contributed by atoms with Crippen molar-refractivity contribution in [2.75, 3.05) is 6.54 Å². The summed E-state index contributed by atoms with van der Waals surface area (Å²) in [4.78, 5) is 56.5. The molecule has 1 heterocycles. The van der Waals surface area contributed by atoms with Crippen LogP contribution in [0.4, 0.5) is 0 Å². The van der Waals surface area contributed by atoms with Crippen LogP contribution in [-0.2, 0) is 19.1 Å². The number of allylic oxidation sites excluding steroid dienone is 2. The molecule has 2 N–H and O–H groups in total. The molecule has 1 amide bonds. The Balaban J connectivity index is 1.12. The SMILES string of the molecule is CC(C)C1=C2[C@H]3CC[C@@H]4[C@@]5(C)CC[C@H](OC(=O)[C@H]6C[C@@H](C(=O)O)C6(C)C)C(C)(C)[C@@H]5CC[C@@]4(C)[C@]3(C)CC[C@@]2(CCNC(=O)c2ccccn2)CC1=O. The standard InChI is InChI=1S/C45H64N2O6/c1-26(2)35-31(48)25-45(21-23-47-37(49)30-12-10-11-22-46-30)20-19-43(8)27(36(35)45)13-14-33-42(7)17-16-34(41(5,6)32(42)15-18-44(33,43)9)53-39(52)29-24-28(38(50)51)40(29,3)4/h10-12,22,26-29,32-34H,13-21,23-25H2,1-9H3,(H,47,49)(H,50,51)/t27-,28+,29-,32+,33-,34+,42+,43-,44-,45-/m1/s1. The van der Waals surface area contributed by atoms with Crippen LogP contribution in [0.1, 0.15) is 143 Å². The van der Waals surface area contributed by atoms with E-state index in [0.717, 1.165) is 63.4 Å². The average molecular weight is 729 g/mol. The molecule has 0 radical (unpaired) electrons. The first-order valence-electron chi connectivity index (χ1n) is 20.6. The van der Waals surface area contributed by atoms with Crippen LogP contribution in [0.15, 0.2) is 35.5 Å². The van der Waals surface area contributed by atoms with Crippen LogP contribution in [0.2, 0.25) is 0 Å². The van der Waals surface area contributed by atoms with Gasteiger partial charge in [-0.25, -0.2) is 0 Å². The number of esters is 1. The van der Waals surface area contributed by atoms with Gasteiger partial charge in [0.2, 0.25) is 0 Å². The van der Waals surface area contributed by atoms with Gasteiger partial charge >= 0.3 is 11.9 Å². The first-order chi connectivity index (χ1) is 24.7. The molecule has 5 saturated carbocycles. The van der Waals surface area contributed by atoms with Crippen LogP contribution < -0.4 is 5.32 Å². The zero-order chi connectivity index (χ0) is 38.5. The summed E-state index contributed by atoms with van der Waals surface area (Å²) in [5.74, 6) is -0.322. The summed E-state index contributed by atoms with van der Waals surface area (Å²) in [6.45, 7) is 21.0. The van der Waals surface area contributed by atoms with Gasteiger partial charge in [0.1, 0.15) is 11.8 Å². The Kier molecular flexibility index (Phi) is 9.21. The van der Waals surface area contributed by atoms with Gasteiger partial charge in [-0.3, -0.25) is 24.2 Å². The number of carboxylic acids is 1. The van der Waals surface area contributed by atoms with Gasteiger partial charge in [0.15, 0.2) is 5.78 Å². The first kappa shape index (κ1) is 38.3. The molecule has 7 rings (SSSR count). The second-order valence-corrected chi connectivity index (χ2v) is 20.5. The van der Waals surface area contributed by atoms with Gasteiger partial charge < -0.3 is 15.2 Å². The van der Waals surface area contributed by atoms with Crippen LogP contribution in [0, 0.1) is 68.0 Å². The number of aromatic nitrogens is 1. The summed E-state index contributed by atoms with van der Waals surface area (Å²) < 4.78 is 6.41. The molecular formula is C45H64N2O6. The van der Waals surface area contributed by atoms with Gasteiger partial charge in [0.05, 0.1) is 11.8 Å². The lowest BCUT2D eigenvalue weighted by Gasteiger charge is -2.72. The highest BCUT2D eigenvalue weighted by atomic mass is 16.5. The van der Waals surface area contributed by atoms with Crippen molar-refractivity contribution in [1.82, 2.24) is 10.3 Å². The van der Waals surface area contributed by atoms with E-state index in [1.165, 1.54) is 5.57 Å². The van der Waals surface area contributed by atoms with Gasteiger partial charge in [-0.1, -0.05) is 74.0 Å². The lowest BCUT2D eigenvalue weighted by atomic mass is 9.33. The number of aliphatic carboxylic acids is 1. The van der Waals surface area contributed by atoms with E-state index >= 15 is 0 Å². The van der Waals surface area contributed by atoms with E-state index in [2.05, 4.69) is 58.8 Å². The van der Waals surface area contributed by atoms with E-state index in [0.29, 0.717) is 48.6 Å². The van der Waals surface area contributed by atoms with Crippen molar-refractivity contribution in [2.24, 2.45) is 68.0 Å². The summed E-state index contributed by atoms with van der Waals surface area (Å²) in [5, 5.41) is 12.8. The molecule has 8 nitrogen and oxygen atoms in total. The Morgan fingerprint density at radius 3 is 2.26 bits per heavy atom. The van der Waals surface area contributed by atoms with Crippen LogP contribution in [0.3, 0.4) is 0 Å². The molecule has 0 bridgehead atoms. The normalized spacial score (nSPS) is 41.0. The number of hydrogen-bond donors (Lipinski definition) is 2. The average Bonchev–Trinajstić information content (AvgIpc) is 3.38. The Bertz CT molecular complexity index is 1710. The molecule has 8 heteroatoms. The second kappa shape index (κ2) is 12.8. The van der Waals surface area contributed by atoms with E-state index in [9.17, 15) is 24.3 Å². The predicted octanol–water partition coefficient (Wildman–Crippen LogP) is 8.84. The Hall–Kier alpha value is -3.03. The Labute approximate surface area is 317 Å². The summed E-state index contributed by atoms with van der Waals surface area (Å²) in [6, 6.07) is 5.38. The second-order valence-electron chi connectivity index (χ2n) is 20.5. The minimum atomic E-state index is -0.827. The lowest BCUT2D eigenvalue weighted by molar-refractivity contribution is -0.236. The Morgan fingerprint density at radius 2 is 1.62 bits per heavy atom. The molecule has 1 aromatic heterocycles. The highest BCUT2D eigenvalue weighted by molar-refractivity contribution is 6.00. The molecule has 0 aromatic carbocycles. The molecule has 290 valence electrons. The molecule has 1 aromatic rings. The number of carbonyl (C=O) groups excluding carboxylic acids is 3. The van der Waals surface area contributed by atoms with Crippen LogP contribution in [0.5, 0.6) is 0 Å². The molecule has 0 unspecified atom stereocenters. The fraction of sp³-hybridized carbons (Fsp3) is 0.756. The third-order valence-electron chi connectivity index (χ3n) is 17.4. The number of nitrogens with zero attached hydrogens (tertiary/aromatic N) is 1. The largest absolute Gasteiger partial charge is 0.481 e. The van der Waals surface area contributed by atoms with Gasteiger partial charge in [0.25, 0.3) is 5.91 Å². The number of rotatable bonds is 8. The van der Waals surface area contributed by atoms with Gasteiger partial charge in [-0.05, 0) is 127 Å². The van der Waals surface area contributed by atoms with Gasteiger partial charge in [0, 0.05) is 30.0 Å². The zero-order valence-electron chi connectivity index (χ0n) is 33.8. The highest BCUT2D eigenvalue weighted by Crippen LogP contribution is 2.77. The number of ether oxygens (including phenoxy) is 1. The third kappa shape index (κ3) is 5.51. The van der Waals surface area contributed by atoms with Gasteiger partial charge in [-0.2, -0.15) is 0 Å². The highest BCUT2D eigenvalue weighted by Gasteiger charge is 2.70. The molecule has 0 aliphatic heterocycles. The van der Waals surface area contributed by atoms with E-state index in [4.69, 9.17) is 4.74 Å². The predicted molar refractivity (Wildman–Crippen MR) is 204 cm³/mol. The van der Waals surface area contributed by atoms with E-state index in [-0.39, 0.29) is 56.9 Å². The summed E-state index contributed by atoms with van der Waals surface area (Å²) >= 11 is 0. The van der Waals surface area contributed by atoms with Crippen molar-refractivity contribution >= 4 is 23.6 Å². The minimum absolute atomic E-state index is 0.0502. The molecule has 0 spiro atoms. The number of fused-ring (bicyclic) bond motifs is 7. The van der Waals surface area contributed by atoms with Crippen molar-refractivity contribution in [3.05, 3.63) is 41.2 Å². The first-order valence-corrected chi connectivity index (χ1v) is 20.6. The van der Waals surface area contributed by atoms with Crippen molar-refractivity contribution in [1.29, 1.82) is 0 Å². The topological polar surface area (TPSA) is 123 Å². The van der Waals surface area contributed by atoms with Crippen molar-refractivity contribution < 1.29 is 29.0 Å². The molecule has 6 aliphatic rings. The summed E-state index contributed by atoms with van der Waals surface area (Å²) in [5.41, 5.74) is 2.18. The fourth-order valence-electron chi connectivity index (χ4n) is 14.2. The summed E-state index contributed by atoms with van der Waals surface area (Å²) in [6.07, 6.45) is 11.5. The van der Waals surface area contributed by atoms with Crippen molar-refractivity contribution in [3.8, 4) is 0 Å². The maximum Gasteiger partial charge on any atom is 0.309 e. The minimum Gasteiger partial charge on any atom is -0.481 e. The number of amides is 1. The van der Waals surface area contributed by atoms with Crippen molar-refractivity contribution in [2.45, 2.75) is 139 Å². The fourth-order valence-corrected chi connectivity index (χ4v) is 14.2. The van der Waals surface area contributed by atoms with Crippen molar-refractivity contribution in [3.63, 3.8) is 0 Å². The van der Waals surface area contributed by atoms with E-state index < -0.39 is 17.3 Å². The molecule has 0 saturated heterocycles. The lowest BCUT2D eigenvalue weighted by Crippen LogP contribution is -2.66. The summed E-state index contributed by atoms with van der Waals surface area (Å²) in [7, 11) is 0. The molecule has 53 heavy (non-hydrogen) atoms. The number of carboxylic acid groups (broad SMARTS) is 1. The number of carbonyl (C=O) groups is 4. The van der Waals surface area contributed by atoms with Crippen LogP contribution >= 0.6 is 0 Å². The monoisotopic (exact) mass is 728 g/mol. The smallest absolute Gasteiger partial charge is 0.309 e. The molecule has 5 fully saturated rings. The van der Waals surface area contributed by atoms with Crippen LogP contribution in [0.25, 0.3) is 0 Å². The number of Topliss-reactive ketones (excluding diaryl/α,β-unsaturated/α-hetero) is 1. The molecule has 6 aliphatic carbocycles. The Morgan fingerprint density at radius 1 is 0.887 bits per heavy atom. The number of nitrogens with one attached hydrogen (secondary N) is 1.